The third kappa shape index (κ3) is 10.3. The average Bonchev–Trinajstić information content (AvgIpc) is 2.66. The zero-order valence-electron chi connectivity index (χ0n) is 18.9. The predicted octanol–water partition coefficient (Wildman–Crippen LogP) is 0.718. The van der Waals surface area contributed by atoms with Gasteiger partial charge in [-0.1, -0.05) is 34.1 Å². The van der Waals surface area contributed by atoms with Crippen LogP contribution in [0.5, 0.6) is 0 Å². The third-order valence-electron chi connectivity index (χ3n) is 4.77. The third-order valence-corrected chi connectivity index (χ3v) is 5.42. The van der Waals surface area contributed by atoms with Crippen molar-refractivity contribution in [2.75, 3.05) is 12.0 Å². The molecule has 10 heteroatoms. The van der Waals surface area contributed by atoms with Crippen LogP contribution in [-0.2, 0) is 19.2 Å². The Hall–Kier alpha value is -1.81. The second-order valence-electron chi connectivity index (χ2n) is 8.03. The molecular formula is C20H38N4O5S. The Labute approximate surface area is 183 Å². The molecule has 174 valence electrons. The predicted molar refractivity (Wildman–Crippen MR) is 119 cm³/mol. The monoisotopic (exact) mass is 446 g/mol. The fraction of sp³-hybridized carbons (Fsp3) is 0.800. The first-order chi connectivity index (χ1) is 13.9. The Bertz CT molecular complexity index is 586. The van der Waals surface area contributed by atoms with E-state index in [1.807, 2.05) is 34.0 Å². The molecule has 0 spiro atoms. The van der Waals surface area contributed by atoms with Gasteiger partial charge in [0.15, 0.2) is 0 Å². The van der Waals surface area contributed by atoms with Crippen molar-refractivity contribution in [2.24, 2.45) is 17.6 Å². The molecule has 0 aliphatic rings. The summed E-state index contributed by atoms with van der Waals surface area (Å²) in [7, 11) is 0. The van der Waals surface area contributed by atoms with Crippen LogP contribution in [0, 0.1) is 11.8 Å². The summed E-state index contributed by atoms with van der Waals surface area (Å²) >= 11 is 1.51. The van der Waals surface area contributed by atoms with Crippen LogP contribution < -0.4 is 21.7 Å². The van der Waals surface area contributed by atoms with Crippen molar-refractivity contribution in [3.63, 3.8) is 0 Å². The Morgan fingerprint density at radius 2 is 1.50 bits per heavy atom. The summed E-state index contributed by atoms with van der Waals surface area (Å²) in [6.07, 6.45) is 3.13. The molecule has 6 N–H and O–H groups in total. The minimum atomic E-state index is -1.12. The average molecular weight is 447 g/mol. The molecule has 0 fully saturated rings. The van der Waals surface area contributed by atoms with Crippen molar-refractivity contribution in [1.82, 2.24) is 16.0 Å². The molecule has 30 heavy (non-hydrogen) atoms. The van der Waals surface area contributed by atoms with Gasteiger partial charge >= 0.3 is 5.97 Å². The van der Waals surface area contributed by atoms with Crippen molar-refractivity contribution < 1.29 is 24.3 Å². The van der Waals surface area contributed by atoms with Crippen LogP contribution in [0.3, 0.4) is 0 Å². The highest BCUT2D eigenvalue weighted by Gasteiger charge is 2.31. The molecule has 0 aromatic rings. The SMILES string of the molecule is CCC(C)C(NC(=O)C(C)N)C(=O)NC(CCSC)C(=O)NC(CC(C)C)C(=O)O. The molecule has 5 unspecified atom stereocenters. The van der Waals surface area contributed by atoms with Gasteiger partial charge in [0.05, 0.1) is 6.04 Å². The second kappa shape index (κ2) is 14.2. The lowest BCUT2D eigenvalue weighted by molar-refractivity contribution is -0.142. The second-order valence-corrected chi connectivity index (χ2v) is 9.02. The molecule has 0 saturated heterocycles. The fourth-order valence-corrected chi connectivity index (χ4v) is 3.19. The summed E-state index contributed by atoms with van der Waals surface area (Å²) in [5.41, 5.74) is 5.60. The molecule has 0 saturated carbocycles. The maximum atomic E-state index is 12.9. The van der Waals surface area contributed by atoms with Gasteiger partial charge in [0.2, 0.25) is 17.7 Å². The van der Waals surface area contributed by atoms with Crippen LogP contribution in [-0.4, -0.2) is 65.0 Å². The molecule has 5 atom stereocenters. The van der Waals surface area contributed by atoms with Crippen LogP contribution in [0.4, 0.5) is 0 Å². The number of carboxylic acids is 1. The number of thioether (sulfide) groups is 1. The van der Waals surface area contributed by atoms with Crippen LogP contribution >= 0.6 is 11.8 Å². The zero-order valence-corrected chi connectivity index (χ0v) is 19.7. The summed E-state index contributed by atoms with van der Waals surface area (Å²) in [5, 5.41) is 17.3. The van der Waals surface area contributed by atoms with Crippen molar-refractivity contribution in [1.29, 1.82) is 0 Å². The van der Waals surface area contributed by atoms with Crippen molar-refractivity contribution in [3.05, 3.63) is 0 Å². The number of nitrogens with one attached hydrogen (secondary N) is 3. The molecule has 0 rings (SSSR count). The normalized spacial score (nSPS) is 16.1. The number of carboxylic acid groups (broad SMARTS) is 1. The Morgan fingerprint density at radius 1 is 0.933 bits per heavy atom. The summed E-state index contributed by atoms with van der Waals surface area (Å²) < 4.78 is 0. The van der Waals surface area contributed by atoms with Gasteiger partial charge in [0, 0.05) is 0 Å². The van der Waals surface area contributed by atoms with Gasteiger partial charge in [-0.3, -0.25) is 14.4 Å². The minimum Gasteiger partial charge on any atom is -0.480 e. The lowest BCUT2D eigenvalue weighted by Crippen LogP contribution is -2.58. The van der Waals surface area contributed by atoms with E-state index in [1.165, 1.54) is 18.7 Å². The number of carbonyl (C=O) groups excluding carboxylic acids is 3. The van der Waals surface area contributed by atoms with E-state index in [4.69, 9.17) is 5.73 Å². The van der Waals surface area contributed by atoms with E-state index in [-0.39, 0.29) is 18.3 Å². The molecular weight excluding hydrogens is 408 g/mol. The highest BCUT2D eigenvalue weighted by Crippen LogP contribution is 2.11. The van der Waals surface area contributed by atoms with Gasteiger partial charge in [-0.2, -0.15) is 11.8 Å². The van der Waals surface area contributed by atoms with Gasteiger partial charge in [-0.25, -0.2) is 4.79 Å². The Morgan fingerprint density at radius 3 is 1.93 bits per heavy atom. The zero-order chi connectivity index (χ0) is 23.4. The van der Waals surface area contributed by atoms with Crippen LogP contribution in [0.1, 0.15) is 53.9 Å². The first kappa shape index (κ1) is 28.2. The van der Waals surface area contributed by atoms with Crippen molar-refractivity contribution in [2.45, 2.75) is 78.0 Å². The number of rotatable bonds is 14. The van der Waals surface area contributed by atoms with Crippen molar-refractivity contribution in [3.8, 4) is 0 Å². The van der Waals surface area contributed by atoms with Crippen LogP contribution in [0.15, 0.2) is 0 Å². The standard InChI is InChI=1S/C20H38N4O5S/c1-7-12(4)16(24-17(25)13(5)21)19(27)22-14(8-9-30-6)18(26)23-15(20(28)29)10-11(2)3/h11-16H,7-10,21H2,1-6H3,(H,22,27)(H,23,26)(H,24,25)(H,28,29). The van der Waals surface area contributed by atoms with Crippen LogP contribution in [0.2, 0.25) is 0 Å². The van der Waals surface area contributed by atoms with Gasteiger partial charge < -0.3 is 26.8 Å². The van der Waals surface area contributed by atoms with E-state index in [2.05, 4.69) is 16.0 Å². The first-order valence-electron chi connectivity index (χ1n) is 10.3. The first-order valence-corrected chi connectivity index (χ1v) is 11.7. The van der Waals surface area contributed by atoms with Crippen LogP contribution in [0.25, 0.3) is 0 Å². The van der Waals surface area contributed by atoms with Gasteiger partial charge in [0.1, 0.15) is 18.1 Å². The smallest absolute Gasteiger partial charge is 0.326 e. The van der Waals surface area contributed by atoms with E-state index >= 15 is 0 Å². The van der Waals surface area contributed by atoms with Crippen molar-refractivity contribution >= 4 is 35.5 Å². The maximum Gasteiger partial charge on any atom is 0.326 e. The summed E-state index contributed by atoms with van der Waals surface area (Å²) in [6.45, 7) is 8.98. The largest absolute Gasteiger partial charge is 0.480 e. The molecule has 0 heterocycles. The Balaban J connectivity index is 5.43. The molecule has 0 radical (unpaired) electrons. The van der Waals surface area contributed by atoms with E-state index in [0.29, 0.717) is 18.6 Å². The topological polar surface area (TPSA) is 151 Å². The van der Waals surface area contributed by atoms with E-state index < -0.39 is 47.9 Å². The number of hydrogen-bond donors (Lipinski definition) is 5. The van der Waals surface area contributed by atoms with Gasteiger partial charge in [-0.15, -0.1) is 0 Å². The maximum absolute atomic E-state index is 12.9. The van der Waals surface area contributed by atoms with Gasteiger partial charge in [0.25, 0.3) is 0 Å². The molecule has 0 aliphatic heterocycles. The summed E-state index contributed by atoms with van der Waals surface area (Å²) in [6, 6.07) is -3.55. The minimum absolute atomic E-state index is 0.0777. The summed E-state index contributed by atoms with van der Waals surface area (Å²) in [4.78, 5) is 49.2. The quantitative estimate of drug-likeness (QED) is 0.264. The molecule has 9 nitrogen and oxygen atoms in total. The molecule has 3 amide bonds. The number of nitrogens with two attached hydrogens (primary N) is 1. The number of carbonyl (C=O) groups is 4. The number of aliphatic carboxylic acids is 1. The number of hydrogen-bond acceptors (Lipinski definition) is 6. The number of amides is 3. The fourth-order valence-electron chi connectivity index (χ4n) is 2.72. The van der Waals surface area contributed by atoms with E-state index in [0.717, 1.165) is 0 Å². The highest BCUT2D eigenvalue weighted by atomic mass is 32.2. The molecule has 0 bridgehead atoms. The van der Waals surface area contributed by atoms with E-state index in [1.54, 1.807) is 0 Å². The molecule has 0 aliphatic carbocycles. The molecule has 0 aromatic carbocycles. The Kier molecular flexibility index (Phi) is 13.4. The lowest BCUT2D eigenvalue weighted by Gasteiger charge is -2.27. The van der Waals surface area contributed by atoms with Gasteiger partial charge in [-0.05, 0) is 43.6 Å². The molecule has 0 aromatic heterocycles. The summed E-state index contributed by atoms with van der Waals surface area (Å²) in [5.74, 6) is -2.11. The van der Waals surface area contributed by atoms with E-state index in [9.17, 15) is 24.3 Å². The highest BCUT2D eigenvalue weighted by molar-refractivity contribution is 7.98. The lowest BCUT2D eigenvalue weighted by atomic mass is 9.97.